The third kappa shape index (κ3) is 5.60. The van der Waals surface area contributed by atoms with Gasteiger partial charge in [0.1, 0.15) is 0 Å². The second kappa shape index (κ2) is 9.30. The van der Waals surface area contributed by atoms with Crippen molar-refractivity contribution >= 4 is 27.5 Å². The van der Waals surface area contributed by atoms with Crippen LogP contribution in [0.1, 0.15) is 17.5 Å². The highest BCUT2D eigenvalue weighted by atomic mass is 32.2. The van der Waals surface area contributed by atoms with Gasteiger partial charge in [0, 0.05) is 38.3 Å². The molecule has 1 heterocycles. The van der Waals surface area contributed by atoms with Crippen LogP contribution < -0.4 is 5.32 Å². The SMILES string of the molecule is Cc1ccc(S(=O)(=O)CCC(=O)N2CCN(C(=O)Nc3cccc(C)c3)CC2)cc1. The van der Waals surface area contributed by atoms with Crippen molar-refractivity contribution in [3.8, 4) is 0 Å². The number of carbonyl (C=O) groups excluding carboxylic acids is 2. The van der Waals surface area contributed by atoms with Crippen LogP contribution in [-0.4, -0.2) is 62.1 Å². The average molecular weight is 430 g/mol. The predicted octanol–water partition coefficient (Wildman–Crippen LogP) is 2.84. The van der Waals surface area contributed by atoms with E-state index >= 15 is 0 Å². The van der Waals surface area contributed by atoms with Crippen LogP contribution in [0.5, 0.6) is 0 Å². The number of rotatable bonds is 5. The molecule has 1 saturated heterocycles. The molecule has 1 fully saturated rings. The fourth-order valence-corrected chi connectivity index (χ4v) is 4.56. The van der Waals surface area contributed by atoms with Gasteiger partial charge >= 0.3 is 6.03 Å². The number of hydrogen-bond acceptors (Lipinski definition) is 4. The molecule has 3 rings (SSSR count). The standard InChI is InChI=1S/C22H27N3O4S/c1-17-6-8-20(9-7-17)30(28,29)15-10-21(26)24-11-13-25(14-12-24)22(27)23-19-5-3-4-18(2)16-19/h3-9,16H,10-15H2,1-2H3,(H,23,27). The largest absolute Gasteiger partial charge is 0.339 e. The van der Waals surface area contributed by atoms with Crippen LogP contribution in [0.3, 0.4) is 0 Å². The number of amides is 3. The fourth-order valence-electron chi connectivity index (χ4n) is 3.33. The lowest BCUT2D eigenvalue weighted by atomic mass is 10.2. The summed E-state index contributed by atoms with van der Waals surface area (Å²) in [6, 6.07) is 14.0. The molecule has 0 unspecified atom stereocenters. The van der Waals surface area contributed by atoms with Crippen molar-refractivity contribution in [3.63, 3.8) is 0 Å². The smallest absolute Gasteiger partial charge is 0.321 e. The van der Waals surface area contributed by atoms with Crippen LogP contribution in [-0.2, 0) is 14.6 Å². The van der Waals surface area contributed by atoms with E-state index in [-0.39, 0.29) is 29.0 Å². The van der Waals surface area contributed by atoms with Gasteiger partial charge in [0.15, 0.2) is 9.84 Å². The maximum atomic E-state index is 12.5. The zero-order chi connectivity index (χ0) is 21.7. The number of sulfone groups is 1. The van der Waals surface area contributed by atoms with E-state index in [0.717, 1.165) is 16.8 Å². The van der Waals surface area contributed by atoms with Crippen molar-refractivity contribution < 1.29 is 18.0 Å². The summed E-state index contributed by atoms with van der Waals surface area (Å²) in [6.07, 6.45) is -0.0638. The second-order valence-corrected chi connectivity index (χ2v) is 9.66. The number of aryl methyl sites for hydroxylation is 2. The zero-order valence-corrected chi connectivity index (χ0v) is 18.1. The van der Waals surface area contributed by atoms with Gasteiger partial charge in [-0.3, -0.25) is 4.79 Å². The molecule has 0 saturated carbocycles. The summed E-state index contributed by atoms with van der Waals surface area (Å²) in [5, 5.41) is 2.87. The Bertz CT molecular complexity index is 1010. The zero-order valence-electron chi connectivity index (χ0n) is 17.3. The molecule has 8 heteroatoms. The first-order chi connectivity index (χ1) is 14.2. The van der Waals surface area contributed by atoms with Crippen LogP contribution in [0, 0.1) is 13.8 Å². The normalized spacial score (nSPS) is 14.5. The molecule has 3 amide bonds. The van der Waals surface area contributed by atoms with E-state index < -0.39 is 9.84 Å². The van der Waals surface area contributed by atoms with E-state index in [1.54, 1.807) is 34.1 Å². The number of hydrogen-bond donors (Lipinski definition) is 1. The van der Waals surface area contributed by atoms with Crippen molar-refractivity contribution in [1.29, 1.82) is 0 Å². The Kier molecular flexibility index (Phi) is 6.77. The lowest BCUT2D eigenvalue weighted by Crippen LogP contribution is -2.51. The van der Waals surface area contributed by atoms with Gasteiger partial charge in [0.2, 0.25) is 5.91 Å². The Morgan fingerprint density at radius 2 is 1.53 bits per heavy atom. The van der Waals surface area contributed by atoms with Gasteiger partial charge in [-0.25, -0.2) is 13.2 Å². The highest BCUT2D eigenvalue weighted by Crippen LogP contribution is 2.15. The molecule has 0 aromatic heterocycles. The molecule has 0 atom stereocenters. The van der Waals surface area contributed by atoms with Crippen molar-refractivity contribution in [2.45, 2.75) is 25.2 Å². The Morgan fingerprint density at radius 1 is 0.900 bits per heavy atom. The summed E-state index contributed by atoms with van der Waals surface area (Å²) in [4.78, 5) is 28.4. The number of benzene rings is 2. The summed E-state index contributed by atoms with van der Waals surface area (Å²) in [6.45, 7) is 5.46. The molecule has 1 N–H and O–H groups in total. The third-order valence-corrected chi connectivity index (χ3v) is 6.89. The first kappa shape index (κ1) is 21.8. The van der Waals surface area contributed by atoms with E-state index in [2.05, 4.69) is 5.32 Å². The van der Waals surface area contributed by atoms with Crippen LogP contribution in [0.25, 0.3) is 0 Å². The van der Waals surface area contributed by atoms with Gasteiger partial charge in [-0.2, -0.15) is 0 Å². The molecule has 1 aliphatic rings. The van der Waals surface area contributed by atoms with Crippen molar-refractivity contribution in [2.75, 3.05) is 37.2 Å². The van der Waals surface area contributed by atoms with E-state index in [4.69, 9.17) is 0 Å². The van der Waals surface area contributed by atoms with Crippen molar-refractivity contribution in [1.82, 2.24) is 9.80 Å². The number of carbonyl (C=O) groups is 2. The molecule has 30 heavy (non-hydrogen) atoms. The second-order valence-electron chi connectivity index (χ2n) is 7.55. The highest BCUT2D eigenvalue weighted by molar-refractivity contribution is 7.91. The number of nitrogens with zero attached hydrogens (tertiary/aromatic N) is 2. The van der Waals surface area contributed by atoms with Gasteiger partial charge in [-0.05, 0) is 43.7 Å². The topological polar surface area (TPSA) is 86.8 Å². The van der Waals surface area contributed by atoms with Crippen LogP contribution >= 0.6 is 0 Å². The lowest BCUT2D eigenvalue weighted by molar-refractivity contribution is -0.132. The minimum absolute atomic E-state index is 0.0638. The van der Waals surface area contributed by atoms with Gasteiger partial charge < -0.3 is 15.1 Å². The van der Waals surface area contributed by atoms with Crippen LogP contribution in [0.2, 0.25) is 0 Å². The molecule has 160 valence electrons. The first-order valence-electron chi connectivity index (χ1n) is 9.94. The van der Waals surface area contributed by atoms with E-state index in [1.165, 1.54) is 0 Å². The quantitative estimate of drug-likeness (QED) is 0.792. The maximum Gasteiger partial charge on any atom is 0.321 e. The number of nitrogens with one attached hydrogen (secondary N) is 1. The number of urea groups is 1. The number of piperazine rings is 1. The van der Waals surface area contributed by atoms with Gasteiger partial charge in [0.25, 0.3) is 0 Å². The predicted molar refractivity (Wildman–Crippen MR) is 116 cm³/mol. The summed E-state index contributed by atoms with van der Waals surface area (Å²) in [5.41, 5.74) is 2.78. The van der Waals surface area contributed by atoms with Crippen LogP contribution in [0.15, 0.2) is 53.4 Å². The van der Waals surface area contributed by atoms with Crippen molar-refractivity contribution in [2.24, 2.45) is 0 Å². The molecule has 2 aromatic carbocycles. The Labute approximate surface area is 177 Å². The van der Waals surface area contributed by atoms with Gasteiger partial charge in [0.05, 0.1) is 10.6 Å². The molecule has 0 aliphatic carbocycles. The Balaban J connectivity index is 1.48. The summed E-state index contributed by atoms with van der Waals surface area (Å²) in [5.74, 6) is -0.424. The Hall–Kier alpha value is -2.87. The third-order valence-electron chi connectivity index (χ3n) is 5.15. The molecular weight excluding hydrogens is 402 g/mol. The van der Waals surface area contributed by atoms with E-state index in [9.17, 15) is 18.0 Å². The lowest BCUT2D eigenvalue weighted by Gasteiger charge is -2.34. The van der Waals surface area contributed by atoms with Gasteiger partial charge in [-0.1, -0.05) is 29.8 Å². The summed E-state index contributed by atoms with van der Waals surface area (Å²) < 4.78 is 24.9. The van der Waals surface area contributed by atoms with E-state index in [1.807, 2.05) is 38.1 Å². The molecule has 0 radical (unpaired) electrons. The van der Waals surface area contributed by atoms with Gasteiger partial charge in [-0.15, -0.1) is 0 Å². The summed E-state index contributed by atoms with van der Waals surface area (Å²) in [7, 11) is -3.50. The maximum absolute atomic E-state index is 12.5. The molecule has 7 nitrogen and oxygen atoms in total. The molecule has 0 spiro atoms. The van der Waals surface area contributed by atoms with E-state index in [0.29, 0.717) is 26.2 Å². The molecule has 1 aliphatic heterocycles. The fraction of sp³-hybridized carbons (Fsp3) is 0.364. The highest BCUT2D eigenvalue weighted by Gasteiger charge is 2.25. The monoisotopic (exact) mass is 429 g/mol. The van der Waals surface area contributed by atoms with Crippen molar-refractivity contribution in [3.05, 3.63) is 59.7 Å². The minimum atomic E-state index is -3.50. The molecular formula is C22H27N3O4S. The Morgan fingerprint density at radius 3 is 2.17 bits per heavy atom. The number of anilines is 1. The molecule has 0 bridgehead atoms. The van der Waals surface area contributed by atoms with Crippen LogP contribution in [0.4, 0.5) is 10.5 Å². The minimum Gasteiger partial charge on any atom is -0.339 e. The molecule has 2 aromatic rings. The summed E-state index contributed by atoms with van der Waals surface area (Å²) >= 11 is 0. The average Bonchev–Trinajstić information content (AvgIpc) is 2.72. The first-order valence-corrected chi connectivity index (χ1v) is 11.6.